The smallest absolute Gasteiger partial charge is 0.307 e. The normalized spacial score (nSPS) is 10.6. The van der Waals surface area contributed by atoms with Crippen LogP contribution in [0.3, 0.4) is 0 Å². The van der Waals surface area contributed by atoms with E-state index in [1.165, 1.54) is 44.6 Å². The molecule has 1 amide bonds. The van der Waals surface area contributed by atoms with Gasteiger partial charge in [-0.05, 0) is 18.6 Å². The molecule has 152 valence electrons. The largest absolute Gasteiger partial charge is 0.466 e. The standard InChI is InChI=1S/C21H31F2NO3/c1-2-3-4-5-6-7-8-9-10-16-27-19(25)14-15-24-21(26)20-17(22)12-11-13-18(20)23/h11-13H,2-10,14-16H2,1H3,(H,24,26). The summed E-state index contributed by atoms with van der Waals surface area (Å²) in [6, 6.07) is 3.21. The average Bonchev–Trinajstić information content (AvgIpc) is 2.63. The summed E-state index contributed by atoms with van der Waals surface area (Å²) in [5.74, 6) is -3.16. The molecule has 1 aromatic rings. The van der Waals surface area contributed by atoms with Gasteiger partial charge in [-0.25, -0.2) is 8.78 Å². The molecular formula is C21H31F2NO3. The van der Waals surface area contributed by atoms with Crippen molar-refractivity contribution in [2.75, 3.05) is 13.2 Å². The molecule has 0 aliphatic carbocycles. The number of carbonyl (C=O) groups is 2. The van der Waals surface area contributed by atoms with Gasteiger partial charge in [0, 0.05) is 6.54 Å². The molecule has 0 saturated carbocycles. The number of nitrogens with one attached hydrogen (secondary N) is 1. The summed E-state index contributed by atoms with van der Waals surface area (Å²) >= 11 is 0. The SMILES string of the molecule is CCCCCCCCCCCOC(=O)CCNC(=O)c1c(F)cccc1F. The monoisotopic (exact) mass is 383 g/mol. The zero-order chi connectivity index (χ0) is 19.9. The third kappa shape index (κ3) is 10.1. The van der Waals surface area contributed by atoms with Crippen molar-refractivity contribution in [3.05, 3.63) is 35.4 Å². The molecule has 0 radical (unpaired) electrons. The Bertz CT molecular complexity index is 558. The van der Waals surface area contributed by atoms with Gasteiger partial charge in [0.15, 0.2) is 0 Å². The Labute approximate surface area is 160 Å². The molecule has 0 aliphatic rings. The van der Waals surface area contributed by atoms with E-state index in [1.54, 1.807) is 0 Å². The van der Waals surface area contributed by atoms with Crippen LogP contribution in [0.5, 0.6) is 0 Å². The van der Waals surface area contributed by atoms with Crippen LogP contribution in [-0.2, 0) is 9.53 Å². The van der Waals surface area contributed by atoms with E-state index in [9.17, 15) is 18.4 Å². The van der Waals surface area contributed by atoms with Crippen LogP contribution in [0, 0.1) is 11.6 Å². The number of unbranched alkanes of at least 4 members (excludes halogenated alkanes) is 8. The minimum atomic E-state index is -0.930. The van der Waals surface area contributed by atoms with Gasteiger partial charge in [-0.3, -0.25) is 9.59 Å². The fourth-order valence-electron chi connectivity index (χ4n) is 2.75. The molecule has 0 bridgehead atoms. The first-order valence-corrected chi connectivity index (χ1v) is 9.94. The molecule has 0 aromatic heterocycles. The third-order valence-corrected chi connectivity index (χ3v) is 4.32. The topological polar surface area (TPSA) is 55.4 Å². The number of carbonyl (C=O) groups excluding carboxylic acids is 2. The lowest BCUT2D eigenvalue weighted by Gasteiger charge is -2.08. The predicted octanol–water partition coefficient (Wildman–Crippen LogP) is 5.16. The highest BCUT2D eigenvalue weighted by Crippen LogP contribution is 2.12. The highest BCUT2D eigenvalue weighted by molar-refractivity contribution is 5.94. The number of ether oxygens (including phenoxy) is 1. The Balaban J connectivity index is 2.04. The van der Waals surface area contributed by atoms with E-state index in [4.69, 9.17) is 4.74 Å². The molecule has 0 atom stereocenters. The molecule has 1 aromatic carbocycles. The second kappa shape index (κ2) is 14.1. The minimum absolute atomic E-state index is 0.0246. The molecule has 0 aliphatic heterocycles. The van der Waals surface area contributed by atoms with Crippen molar-refractivity contribution in [3.8, 4) is 0 Å². The number of rotatable bonds is 14. The highest BCUT2D eigenvalue weighted by Gasteiger charge is 2.16. The zero-order valence-corrected chi connectivity index (χ0v) is 16.2. The van der Waals surface area contributed by atoms with Crippen LogP contribution in [0.1, 0.15) is 81.5 Å². The molecular weight excluding hydrogens is 352 g/mol. The van der Waals surface area contributed by atoms with Crippen molar-refractivity contribution < 1.29 is 23.1 Å². The van der Waals surface area contributed by atoms with E-state index in [0.717, 1.165) is 31.4 Å². The van der Waals surface area contributed by atoms with Gasteiger partial charge < -0.3 is 10.1 Å². The number of benzene rings is 1. The Morgan fingerprint density at radius 1 is 0.926 bits per heavy atom. The van der Waals surface area contributed by atoms with Crippen molar-refractivity contribution in [3.63, 3.8) is 0 Å². The molecule has 0 saturated heterocycles. The maximum Gasteiger partial charge on any atom is 0.307 e. The molecule has 6 heteroatoms. The molecule has 1 rings (SSSR count). The Morgan fingerprint density at radius 3 is 2.07 bits per heavy atom. The van der Waals surface area contributed by atoms with E-state index in [-0.39, 0.29) is 13.0 Å². The molecule has 0 unspecified atom stereocenters. The first-order valence-electron chi connectivity index (χ1n) is 9.94. The van der Waals surface area contributed by atoms with E-state index in [2.05, 4.69) is 12.2 Å². The zero-order valence-electron chi connectivity index (χ0n) is 16.2. The molecule has 0 heterocycles. The Kier molecular flexibility index (Phi) is 12.1. The molecule has 4 nitrogen and oxygen atoms in total. The lowest BCUT2D eigenvalue weighted by Crippen LogP contribution is -2.28. The van der Waals surface area contributed by atoms with Gasteiger partial charge in [0.25, 0.3) is 5.91 Å². The van der Waals surface area contributed by atoms with Crippen molar-refractivity contribution in [2.45, 2.75) is 71.1 Å². The Morgan fingerprint density at radius 2 is 1.48 bits per heavy atom. The maximum absolute atomic E-state index is 13.5. The molecule has 27 heavy (non-hydrogen) atoms. The molecule has 0 spiro atoms. The van der Waals surface area contributed by atoms with Gasteiger partial charge in [-0.2, -0.15) is 0 Å². The van der Waals surface area contributed by atoms with Crippen molar-refractivity contribution >= 4 is 11.9 Å². The van der Waals surface area contributed by atoms with Crippen molar-refractivity contribution in [1.82, 2.24) is 5.32 Å². The molecule has 0 fully saturated rings. The van der Waals surface area contributed by atoms with Crippen LogP contribution in [-0.4, -0.2) is 25.0 Å². The van der Waals surface area contributed by atoms with Crippen LogP contribution in [0.4, 0.5) is 8.78 Å². The Hall–Kier alpha value is -1.98. The van der Waals surface area contributed by atoms with Gasteiger partial charge in [-0.15, -0.1) is 0 Å². The summed E-state index contributed by atoms with van der Waals surface area (Å²) in [6.07, 6.45) is 10.6. The van der Waals surface area contributed by atoms with E-state index in [1.807, 2.05) is 0 Å². The van der Waals surface area contributed by atoms with Gasteiger partial charge >= 0.3 is 5.97 Å². The lowest BCUT2D eigenvalue weighted by molar-refractivity contribution is -0.143. The number of hydrogen-bond donors (Lipinski definition) is 1. The molecule has 1 N–H and O–H groups in total. The van der Waals surface area contributed by atoms with Gasteiger partial charge in [0.1, 0.15) is 17.2 Å². The number of amides is 1. The number of esters is 1. The fourth-order valence-corrected chi connectivity index (χ4v) is 2.75. The number of hydrogen-bond acceptors (Lipinski definition) is 3. The fraction of sp³-hybridized carbons (Fsp3) is 0.619. The lowest BCUT2D eigenvalue weighted by atomic mass is 10.1. The first-order chi connectivity index (χ1) is 13.1. The first kappa shape index (κ1) is 23.1. The maximum atomic E-state index is 13.5. The summed E-state index contributed by atoms with van der Waals surface area (Å²) < 4.78 is 32.0. The van der Waals surface area contributed by atoms with Gasteiger partial charge in [0.2, 0.25) is 0 Å². The van der Waals surface area contributed by atoms with Crippen LogP contribution < -0.4 is 5.32 Å². The summed E-state index contributed by atoms with van der Waals surface area (Å²) in [5.41, 5.74) is -0.638. The van der Waals surface area contributed by atoms with Gasteiger partial charge in [0.05, 0.1) is 13.0 Å². The van der Waals surface area contributed by atoms with E-state index < -0.39 is 29.1 Å². The van der Waals surface area contributed by atoms with E-state index in [0.29, 0.717) is 6.61 Å². The average molecular weight is 383 g/mol. The quantitative estimate of drug-likeness (QED) is 0.357. The highest BCUT2D eigenvalue weighted by atomic mass is 19.1. The third-order valence-electron chi connectivity index (χ3n) is 4.32. The minimum Gasteiger partial charge on any atom is -0.466 e. The van der Waals surface area contributed by atoms with Crippen LogP contribution in [0.25, 0.3) is 0 Å². The second-order valence-electron chi connectivity index (χ2n) is 6.65. The summed E-state index contributed by atoms with van der Waals surface area (Å²) in [6.45, 7) is 2.55. The van der Waals surface area contributed by atoms with Crippen LogP contribution in [0.15, 0.2) is 18.2 Å². The summed E-state index contributed by atoms with van der Waals surface area (Å²) in [5, 5.41) is 2.33. The van der Waals surface area contributed by atoms with Crippen molar-refractivity contribution in [1.29, 1.82) is 0 Å². The van der Waals surface area contributed by atoms with Crippen LogP contribution >= 0.6 is 0 Å². The van der Waals surface area contributed by atoms with Crippen molar-refractivity contribution in [2.24, 2.45) is 0 Å². The van der Waals surface area contributed by atoms with Gasteiger partial charge in [-0.1, -0.05) is 64.4 Å². The summed E-state index contributed by atoms with van der Waals surface area (Å²) in [4.78, 5) is 23.4. The van der Waals surface area contributed by atoms with Crippen LogP contribution in [0.2, 0.25) is 0 Å². The second-order valence-corrected chi connectivity index (χ2v) is 6.65. The number of halogens is 2. The van der Waals surface area contributed by atoms with E-state index >= 15 is 0 Å². The predicted molar refractivity (Wildman–Crippen MR) is 101 cm³/mol. The summed E-state index contributed by atoms with van der Waals surface area (Å²) in [7, 11) is 0.